The van der Waals surface area contributed by atoms with Crippen molar-refractivity contribution >= 4 is 22.5 Å². The predicted octanol–water partition coefficient (Wildman–Crippen LogP) is 4.39. The van der Waals surface area contributed by atoms with E-state index in [1.165, 1.54) is 12.1 Å². The molecule has 2 N–H and O–H groups in total. The summed E-state index contributed by atoms with van der Waals surface area (Å²) in [4.78, 5) is 26.6. The van der Waals surface area contributed by atoms with Gasteiger partial charge in [0, 0.05) is 23.0 Å². The Labute approximate surface area is 167 Å². The molecule has 1 amide bonds. The van der Waals surface area contributed by atoms with Crippen LogP contribution in [0.2, 0.25) is 0 Å². The molecule has 7 heteroatoms. The summed E-state index contributed by atoms with van der Waals surface area (Å²) in [5.74, 6) is -0.274. The van der Waals surface area contributed by atoms with Gasteiger partial charge in [0.05, 0.1) is 22.6 Å². The SMILES string of the molecule is CCC1(C)Cc2ccc(C#N)cc2C1NC(=O)c1cc2cc([N+](=O)[O-])ccc2[nH]1. The molecular weight excluding hydrogens is 368 g/mol. The van der Waals surface area contributed by atoms with Crippen molar-refractivity contribution in [2.75, 3.05) is 0 Å². The minimum atomic E-state index is -0.457. The number of carbonyl (C=O) groups is 1. The van der Waals surface area contributed by atoms with Gasteiger partial charge in [0.15, 0.2) is 0 Å². The number of hydrogen-bond donors (Lipinski definition) is 2. The van der Waals surface area contributed by atoms with Crippen LogP contribution in [0.25, 0.3) is 10.9 Å². The Hall–Kier alpha value is -3.66. The standard InChI is InChI=1S/C22H20N4O3/c1-3-22(2)11-14-5-4-13(12-23)8-17(14)20(22)25-21(27)19-10-15-9-16(26(28)29)6-7-18(15)24-19/h4-10,20,24H,3,11H2,1-2H3,(H,25,27). The molecule has 7 nitrogen and oxygen atoms in total. The van der Waals surface area contributed by atoms with Crippen LogP contribution >= 0.6 is 0 Å². The van der Waals surface area contributed by atoms with Gasteiger partial charge < -0.3 is 10.3 Å². The maximum atomic E-state index is 13.0. The molecule has 0 fully saturated rings. The first-order valence-electron chi connectivity index (χ1n) is 9.45. The Morgan fingerprint density at radius 3 is 2.83 bits per heavy atom. The lowest BCUT2D eigenvalue weighted by molar-refractivity contribution is -0.384. The molecule has 1 aromatic heterocycles. The van der Waals surface area contributed by atoms with Crippen molar-refractivity contribution in [1.29, 1.82) is 5.26 Å². The van der Waals surface area contributed by atoms with Gasteiger partial charge in [-0.1, -0.05) is 19.9 Å². The molecule has 0 spiro atoms. The first-order valence-corrected chi connectivity index (χ1v) is 9.45. The summed E-state index contributed by atoms with van der Waals surface area (Å²) in [6.45, 7) is 4.23. The third-order valence-corrected chi connectivity index (χ3v) is 6.02. The number of nitro benzene ring substituents is 1. The van der Waals surface area contributed by atoms with E-state index in [1.807, 2.05) is 18.2 Å². The molecule has 1 aliphatic carbocycles. The molecule has 29 heavy (non-hydrogen) atoms. The fraction of sp³-hybridized carbons (Fsp3) is 0.273. The van der Waals surface area contributed by atoms with Crippen molar-refractivity contribution in [2.45, 2.75) is 32.7 Å². The van der Waals surface area contributed by atoms with E-state index in [1.54, 1.807) is 12.1 Å². The van der Waals surface area contributed by atoms with E-state index in [2.05, 4.69) is 30.2 Å². The summed E-state index contributed by atoms with van der Waals surface area (Å²) >= 11 is 0. The normalized spacial score (nSPS) is 20.2. The molecule has 0 saturated heterocycles. The summed E-state index contributed by atoms with van der Waals surface area (Å²) in [5.41, 5.74) is 3.54. The maximum Gasteiger partial charge on any atom is 0.270 e. The van der Waals surface area contributed by atoms with Crippen LogP contribution in [0.15, 0.2) is 42.5 Å². The fourth-order valence-corrected chi connectivity index (χ4v) is 4.15. The summed E-state index contributed by atoms with van der Waals surface area (Å²) in [7, 11) is 0. The van der Waals surface area contributed by atoms with E-state index in [-0.39, 0.29) is 23.1 Å². The molecule has 3 aromatic rings. The zero-order valence-corrected chi connectivity index (χ0v) is 16.2. The summed E-state index contributed by atoms with van der Waals surface area (Å²) in [6.07, 6.45) is 1.70. The summed E-state index contributed by atoms with van der Waals surface area (Å²) < 4.78 is 0. The van der Waals surface area contributed by atoms with E-state index in [4.69, 9.17) is 0 Å². The van der Waals surface area contributed by atoms with Crippen LogP contribution in [-0.4, -0.2) is 15.8 Å². The van der Waals surface area contributed by atoms with Gasteiger partial charge in [-0.25, -0.2) is 0 Å². The van der Waals surface area contributed by atoms with Crippen molar-refractivity contribution < 1.29 is 9.72 Å². The number of aromatic amines is 1. The molecular formula is C22H20N4O3. The zero-order chi connectivity index (χ0) is 20.8. The van der Waals surface area contributed by atoms with E-state index < -0.39 is 4.92 Å². The predicted molar refractivity (Wildman–Crippen MR) is 108 cm³/mol. The number of amides is 1. The van der Waals surface area contributed by atoms with E-state index in [0.29, 0.717) is 22.2 Å². The van der Waals surface area contributed by atoms with Gasteiger partial charge in [0.25, 0.3) is 11.6 Å². The van der Waals surface area contributed by atoms with Crippen LogP contribution in [0.1, 0.15) is 53.5 Å². The fourth-order valence-electron chi connectivity index (χ4n) is 4.15. The number of nitrogens with zero attached hydrogens (tertiary/aromatic N) is 2. The summed E-state index contributed by atoms with van der Waals surface area (Å²) in [5, 5.41) is 24.0. The number of carbonyl (C=O) groups excluding carboxylic acids is 1. The molecule has 2 aromatic carbocycles. The van der Waals surface area contributed by atoms with Crippen LogP contribution in [0.5, 0.6) is 0 Å². The van der Waals surface area contributed by atoms with Gasteiger partial charge in [-0.3, -0.25) is 14.9 Å². The molecule has 0 saturated carbocycles. The van der Waals surface area contributed by atoms with Gasteiger partial charge in [-0.2, -0.15) is 5.26 Å². The van der Waals surface area contributed by atoms with Crippen LogP contribution in [-0.2, 0) is 6.42 Å². The lowest BCUT2D eigenvalue weighted by atomic mass is 9.80. The monoisotopic (exact) mass is 388 g/mol. The number of aromatic nitrogens is 1. The van der Waals surface area contributed by atoms with Gasteiger partial charge in [-0.15, -0.1) is 0 Å². The number of nitriles is 1. The van der Waals surface area contributed by atoms with Crippen molar-refractivity contribution in [3.63, 3.8) is 0 Å². The molecule has 0 bridgehead atoms. The molecule has 1 heterocycles. The highest BCUT2D eigenvalue weighted by molar-refractivity contribution is 5.98. The summed E-state index contributed by atoms with van der Waals surface area (Å²) in [6, 6.07) is 13.7. The second-order valence-electron chi connectivity index (χ2n) is 7.83. The number of nitrogens with one attached hydrogen (secondary N) is 2. The Morgan fingerprint density at radius 2 is 2.14 bits per heavy atom. The highest BCUT2D eigenvalue weighted by Crippen LogP contribution is 2.48. The maximum absolute atomic E-state index is 13.0. The lowest BCUT2D eigenvalue weighted by Crippen LogP contribution is -2.37. The Morgan fingerprint density at radius 1 is 1.34 bits per heavy atom. The molecule has 1 aliphatic rings. The van der Waals surface area contributed by atoms with Gasteiger partial charge in [-0.05, 0) is 53.6 Å². The second-order valence-corrected chi connectivity index (χ2v) is 7.83. The minimum absolute atomic E-state index is 0.0178. The largest absolute Gasteiger partial charge is 0.351 e. The second kappa shape index (κ2) is 6.74. The molecule has 0 radical (unpaired) electrons. The third kappa shape index (κ3) is 3.13. The average Bonchev–Trinajstić information content (AvgIpc) is 3.26. The Kier molecular flexibility index (Phi) is 4.35. The van der Waals surface area contributed by atoms with E-state index >= 15 is 0 Å². The smallest absolute Gasteiger partial charge is 0.270 e. The van der Waals surface area contributed by atoms with Crippen LogP contribution in [0.4, 0.5) is 5.69 Å². The van der Waals surface area contributed by atoms with Crippen molar-refractivity contribution in [3.05, 3.63) is 75.0 Å². The number of nitro groups is 1. The highest BCUT2D eigenvalue weighted by atomic mass is 16.6. The lowest BCUT2D eigenvalue weighted by Gasteiger charge is -2.31. The number of benzene rings is 2. The molecule has 146 valence electrons. The first-order chi connectivity index (χ1) is 13.8. The van der Waals surface area contributed by atoms with E-state index in [0.717, 1.165) is 24.0 Å². The molecule has 4 rings (SSSR count). The average molecular weight is 388 g/mol. The van der Waals surface area contributed by atoms with Gasteiger partial charge in [0.2, 0.25) is 0 Å². The minimum Gasteiger partial charge on any atom is -0.351 e. The number of non-ortho nitro benzene ring substituents is 1. The molecule has 0 aliphatic heterocycles. The number of fused-ring (bicyclic) bond motifs is 2. The van der Waals surface area contributed by atoms with Crippen molar-refractivity contribution in [1.82, 2.24) is 10.3 Å². The van der Waals surface area contributed by atoms with Crippen molar-refractivity contribution in [2.24, 2.45) is 5.41 Å². The number of rotatable bonds is 4. The van der Waals surface area contributed by atoms with Crippen LogP contribution in [0, 0.1) is 26.9 Å². The Balaban J connectivity index is 1.68. The van der Waals surface area contributed by atoms with Crippen LogP contribution in [0.3, 0.4) is 0 Å². The number of hydrogen-bond acceptors (Lipinski definition) is 4. The number of H-pyrrole nitrogens is 1. The highest BCUT2D eigenvalue weighted by Gasteiger charge is 2.42. The zero-order valence-electron chi connectivity index (χ0n) is 16.2. The molecule has 2 atom stereocenters. The van der Waals surface area contributed by atoms with E-state index in [9.17, 15) is 20.2 Å². The first kappa shape index (κ1) is 18.7. The van der Waals surface area contributed by atoms with Gasteiger partial charge >= 0.3 is 0 Å². The van der Waals surface area contributed by atoms with Gasteiger partial charge in [0.1, 0.15) is 5.69 Å². The molecule has 2 unspecified atom stereocenters. The van der Waals surface area contributed by atoms with Crippen molar-refractivity contribution in [3.8, 4) is 6.07 Å². The Bertz CT molecular complexity index is 1190. The third-order valence-electron chi connectivity index (χ3n) is 6.02. The topological polar surface area (TPSA) is 112 Å². The van der Waals surface area contributed by atoms with Crippen LogP contribution < -0.4 is 5.32 Å². The quantitative estimate of drug-likeness (QED) is 0.510.